The molecule has 2 aliphatic rings. The third-order valence-electron chi connectivity index (χ3n) is 6.01. The Morgan fingerprint density at radius 2 is 1.90 bits per heavy atom. The lowest BCUT2D eigenvalue weighted by Crippen LogP contribution is -2.48. The van der Waals surface area contributed by atoms with Crippen LogP contribution in [-0.2, 0) is 9.59 Å². The van der Waals surface area contributed by atoms with E-state index < -0.39 is 0 Å². The van der Waals surface area contributed by atoms with Crippen LogP contribution in [0.3, 0.4) is 0 Å². The van der Waals surface area contributed by atoms with Gasteiger partial charge in [0.25, 0.3) is 5.91 Å². The molecule has 4 rings (SSSR count). The van der Waals surface area contributed by atoms with E-state index in [1.54, 1.807) is 12.0 Å². The molecule has 1 saturated carbocycles. The topological polar surface area (TPSA) is 58.6 Å². The van der Waals surface area contributed by atoms with Gasteiger partial charge >= 0.3 is 0 Å². The number of carbonyl (C=O) groups excluding carboxylic acids is 2. The van der Waals surface area contributed by atoms with Crippen molar-refractivity contribution in [2.45, 2.75) is 43.5 Å². The number of hydrogen-bond donors (Lipinski definition) is 1. The maximum Gasteiger partial charge on any atom is 0.265 e. The molecule has 1 fully saturated rings. The van der Waals surface area contributed by atoms with Gasteiger partial charge in [0, 0.05) is 10.9 Å². The van der Waals surface area contributed by atoms with E-state index >= 15 is 0 Å². The van der Waals surface area contributed by atoms with Crippen molar-refractivity contribution in [3.63, 3.8) is 0 Å². The van der Waals surface area contributed by atoms with Gasteiger partial charge in [-0.15, -0.1) is 0 Å². The van der Waals surface area contributed by atoms with Crippen LogP contribution in [0.4, 0.5) is 5.69 Å². The summed E-state index contributed by atoms with van der Waals surface area (Å²) in [7, 11) is 1.63. The summed E-state index contributed by atoms with van der Waals surface area (Å²) in [6, 6.07) is 15.5. The number of fused-ring (bicyclic) bond motifs is 1. The number of nitrogens with one attached hydrogen (secondary N) is 1. The SMILES string of the molecule is COc1ccc(/C=C2\Sc3ccccc3N(CC(=O)NC3CCCCC3C)C2=O)cc1. The molecule has 0 radical (unpaired) electrons. The molecule has 31 heavy (non-hydrogen) atoms. The largest absolute Gasteiger partial charge is 0.497 e. The minimum atomic E-state index is -0.147. The standard InChI is InChI=1S/C25H28N2O3S/c1-17-7-3-4-8-20(17)26-24(28)16-27-21-9-5-6-10-22(21)31-23(25(27)29)15-18-11-13-19(30-2)14-12-18/h5-6,9-15,17,20H,3-4,7-8,16H2,1-2H3,(H,26,28)/b23-15-. The van der Waals surface area contributed by atoms with Gasteiger partial charge < -0.3 is 10.1 Å². The van der Waals surface area contributed by atoms with Gasteiger partial charge in [0.1, 0.15) is 12.3 Å². The van der Waals surface area contributed by atoms with Crippen molar-refractivity contribution in [3.05, 3.63) is 59.0 Å². The first-order valence-electron chi connectivity index (χ1n) is 10.8. The van der Waals surface area contributed by atoms with Crippen molar-refractivity contribution in [1.82, 2.24) is 5.32 Å². The summed E-state index contributed by atoms with van der Waals surface area (Å²) < 4.78 is 5.21. The summed E-state index contributed by atoms with van der Waals surface area (Å²) in [6.45, 7) is 2.22. The fourth-order valence-electron chi connectivity index (χ4n) is 4.20. The molecule has 0 bridgehead atoms. The highest BCUT2D eigenvalue weighted by Gasteiger charge is 2.31. The molecular weight excluding hydrogens is 408 g/mol. The van der Waals surface area contributed by atoms with E-state index in [1.165, 1.54) is 18.2 Å². The number of hydrogen-bond acceptors (Lipinski definition) is 4. The summed E-state index contributed by atoms with van der Waals surface area (Å²) in [5, 5.41) is 3.17. The Bertz CT molecular complexity index is 987. The van der Waals surface area contributed by atoms with Crippen LogP contribution in [0.25, 0.3) is 6.08 Å². The Morgan fingerprint density at radius 1 is 1.16 bits per heavy atom. The van der Waals surface area contributed by atoms with Crippen molar-refractivity contribution in [1.29, 1.82) is 0 Å². The third kappa shape index (κ3) is 4.96. The van der Waals surface area contributed by atoms with Crippen LogP contribution in [0.2, 0.25) is 0 Å². The quantitative estimate of drug-likeness (QED) is 0.680. The van der Waals surface area contributed by atoms with E-state index in [1.807, 2.05) is 54.6 Å². The highest BCUT2D eigenvalue weighted by Crippen LogP contribution is 2.42. The average Bonchev–Trinajstić information content (AvgIpc) is 2.78. The molecule has 162 valence electrons. The van der Waals surface area contributed by atoms with Crippen molar-refractivity contribution >= 4 is 35.3 Å². The predicted octanol–water partition coefficient (Wildman–Crippen LogP) is 4.87. The van der Waals surface area contributed by atoms with E-state index in [-0.39, 0.29) is 24.4 Å². The van der Waals surface area contributed by atoms with Crippen molar-refractivity contribution in [2.24, 2.45) is 5.92 Å². The van der Waals surface area contributed by atoms with Crippen molar-refractivity contribution in [3.8, 4) is 5.75 Å². The van der Waals surface area contributed by atoms with Crippen LogP contribution in [-0.4, -0.2) is 31.5 Å². The van der Waals surface area contributed by atoms with Crippen LogP contribution in [0.15, 0.2) is 58.3 Å². The van der Waals surface area contributed by atoms with Gasteiger partial charge in [-0.3, -0.25) is 14.5 Å². The molecule has 0 spiro atoms. The predicted molar refractivity (Wildman–Crippen MR) is 125 cm³/mol. The highest BCUT2D eigenvalue weighted by molar-refractivity contribution is 8.04. The molecule has 1 aliphatic carbocycles. The second kappa shape index (κ2) is 9.60. The lowest BCUT2D eigenvalue weighted by molar-refractivity contribution is -0.123. The van der Waals surface area contributed by atoms with Gasteiger partial charge in [0.15, 0.2) is 0 Å². The molecule has 2 unspecified atom stereocenters. The number of carbonyl (C=O) groups is 2. The number of benzene rings is 2. The number of para-hydroxylation sites is 1. The fourth-order valence-corrected chi connectivity index (χ4v) is 5.26. The van der Waals surface area contributed by atoms with Gasteiger partial charge in [-0.2, -0.15) is 0 Å². The lowest BCUT2D eigenvalue weighted by Gasteiger charge is -2.32. The number of rotatable bonds is 5. The Morgan fingerprint density at radius 3 is 2.65 bits per heavy atom. The number of thioether (sulfide) groups is 1. The maximum atomic E-state index is 13.3. The molecule has 1 aliphatic heterocycles. The van der Waals surface area contributed by atoms with Crippen molar-refractivity contribution < 1.29 is 14.3 Å². The molecule has 5 nitrogen and oxygen atoms in total. The molecule has 0 aromatic heterocycles. The van der Waals surface area contributed by atoms with Gasteiger partial charge in [-0.25, -0.2) is 0 Å². The van der Waals surface area contributed by atoms with Crippen LogP contribution in [0.5, 0.6) is 5.75 Å². The van der Waals surface area contributed by atoms with Crippen LogP contribution < -0.4 is 15.0 Å². The number of nitrogens with zero attached hydrogens (tertiary/aromatic N) is 1. The fraction of sp³-hybridized carbons (Fsp3) is 0.360. The Labute approximate surface area is 187 Å². The molecular formula is C25H28N2O3S. The van der Waals surface area contributed by atoms with E-state index in [9.17, 15) is 9.59 Å². The smallest absolute Gasteiger partial charge is 0.265 e. The molecule has 6 heteroatoms. The second-order valence-corrected chi connectivity index (χ2v) is 9.26. The second-order valence-electron chi connectivity index (χ2n) is 8.18. The van der Waals surface area contributed by atoms with E-state index in [2.05, 4.69) is 12.2 Å². The Kier molecular flexibility index (Phi) is 6.66. The number of methoxy groups -OCH3 is 1. The first-order valence-corrected chi connectivity index (χ1v) is 11.6. The van der Waals surface area contributed by atoms with Crippen LogP contribution in [0, 0.1) is 5.92 Å². The van der Waals surface area contributed by atoms with E-state index in [4.69, 9.17) is 4.74 Å². The zero-order chi connectivity index (χ0) is 21.8. The monoisotopic (exact) mass is 436 g/mol. The molecule has 1 N–H and O–H groups in total. The Balaban J connectivity index is 1.56. The first-order chi connectivity index (χ1) is 15.0. The van der Waals surface area contributed by atoms with Gasteiger partial charge in [-0.1, -0.05) is 55.8 Å². The van der Waals surface area contributed by atoms with E-state index in [0.29, 0.717) is 10.8 Å². The lowest BCUT2D eigenvalue weighted by atomic mass is 9.86. The highest BCUT2D eigenvalue weighted by atomic mass is 32.2. The van der Waals surface area contributed by atoms with Gasteiger partial charge in [-0.05, 0) is 54.7 Å². The molecule has 1 heterocycles. The minimum Gasteiger partial charge on any atom is -0.497 e. The van der Waals surface area contributed by atoms with E-state index in [0.717, 1.165) is 41.2 Å². The molecule has 2 amide bonds. The molecule has 0 saturated heterocycles. The molecule has 2 atom stereocenters. The number of anilines is 1. The van der Waals surface area contributed by atoms with Crippen molar-refractivity contribution in [2.75, 3.05) is 18.6 Å². The number of ether oxygens (including phenoxy) is 1. The van der Waals surface area contributed by atoms with Crippen LogP contribution in [0.1, 0.15) is 38.2 Å². The first kappa shape index (κ1) is 21.5. The molecule has 2 aromatic carbocycles. The van der Waals surface area contributed by atoms with Crippen LogP contribution >= 0.6 is 11.8 Å². The number of amides is 2. The van der Waals surface area contributed by atoms with Gasteiger partial charge in [0.05, 0.1) is 17.7 Å². The minimum absolute atomic E-state index is 0.0274. The zero-order valence-corrected chi connectivity index (χ0v) is 18.8. The zero-order valence-electron chi connectivity index (χ0n) is 18.0. The molecule has 2 aromatic rings. The average molecular weight is 437 g/mol. The van der Waals surface area contributed by atoms with Gasteiger partial charge in [0.2, 0.25) is 5.91 Å². The summed E-state index contributed by atoms with van der Waals surface area (Å²) in [6.07, 6.45) is 6.39. The normalized spacial score (nSPS) is 22.2. The third-order valence-corrected chi connectivity index (χ3v) is 7.08. The Hall–Kier alpha value is -2.73. The summed E-state index contributed by atoms with van der Waals surface area (Å²) in [4.78, 5) is 29.4. The maximum absolute atomic E-state index is 13.3. The summed E-state index contributed by atoms with van der Waals surface area (Å²) in [5.74, 6) is 0.998. The summed E-state index contributed by atoms with van der Waals surface area (Å²) in [5.41, 5.74) is 1.70. The summed E-state index contributed by atoms with van der Waals surface area (Å²) >= 11 is 1.44.